The minimum Gasteiger partial charge on any atom is -0.370 e. The van der Waals surface area contributed by atoms with E-state index in [1.54, 1.807) is 19.1 Å². The Balaban J connectivity index is 1.71. The van der Waals surface area contributed by atoms with Gasteiger partial charge in [-0.25, -0.2) is 9.97 Å². The molecule has 0 fully saturated rings. The summed E-state index contributed by atoms with van der Waals surface area (Å²) in [5.41, 5.74) is 1.69. The normalized spacial score (nSPS) is 10.6. The van der Waals surface area contributed by atoms with Crippen LogP contribution in [0.2, 0.25) is 0 Å². The first-order valence-corrected chi connectivity index (χ1v) is 9.65. The van der Waals surface area contributed by atoms with Crippen LogP contribution in [-0.2, 0) is 4.79 Å². The zero-order valence-corrected chi connectivity index (χ0v) is 16.2. The van der Waals surface area contributed by atoms with E-state index in [1.165, 1.54) is 17.8 Å². The summed E-state index contributed by atoms with van der Waals surface area (Å²) >= 11 is 1.21. The van der Waals surface area contributed by atoms with Crippen LogP contribution in [0.4, 0.5) is 17.2 Å². The van der Waals surface area contributed by atoms with Crippen LogP contribution in [0.25, 0.3) is 10.9 Å². The Labute approximate surface area is 165 Å². The molecule has 1 amide bonds. The molecular formula is C19H19N5O3S. The molecule has 2 N–H and O–H groups in total. The highest BCUT2D eigenvalue weighted by atomic mass is 32.2. The number of nitro groups is 1. The van der Waals surface area contributed by atoms with E-state index in [-0.39, 0.29) is 17.3 Å². The number of nitro benzene ring substituents is 1. The molecule has 0 bridgehead atoms. The minimum atomic E-state index is -0.467. The molecule has 3 rings (SSSR count). The van der Waals surface area contributed by atoms with Crippen molar-refractivity contribution < 1.29 is 9.72 Å². The quantitative estimate of drug-likeness (QED) is 0.268. The van der Waals surface area contributed by atoms with Gasteiger partial charge in [-0.2, -0.15) is 0 Å². The van der Waals surface area contributed by atoms with Crippen LogP contribution in [0.15, 0.2) is 47.6 Å². The van der Waals surface area contributed by atoms with Crippen molar-refractivity contribution >= 4 is 45.8 Å². The molecule has 3 aromatic rings. The number of hydrogen-bond acceptors (Lipinski definition) is 7. The number of rotatable bonds is 7. The number of carbonyl (C=O) groups excluding carboxylic acids is 1. The number of amides is 1. The van der Waals surface area contributed by atoms with Crippen molar-refractivity contribution in [3.8, 4) is 0 Å². The van der Waals surface area contributed by atoms with E-state index in [4.69, 9.17) is 0 Å². The fourth-order valence-corrected chi connectivity index (χ4v) is 3.28. The number of para-hydroxylation sites is 1. The van der Waals surface area contributed by atoms with E-state index in [1.807, 2.05) is 31.2 Å². The van der Waals surface area contributed by atoms with E-state index in [0.29, 0.717) is 16.4 Å². The number of benzene rings is 2. The monoisotopic (exact) mass is 397 g/mol. The van der Waals surface area contributed by atoms with E-state index >= 15 is 0 Å². The van der Waals surface area contributed by atoms with Gasteiger partial charge >= 0.3 is 0 Å². The lowest BCUT2D eigenvalue weighted by molar-refractivity contribution is -0.385. The molecule has 0 aliphatic rings. The number of nitrogens with zero attached hydrogens (tertiary/aromatic N) is 3. The number of aryl methyl sites for hydroxylation is 1. The summed E-state index contributed by atoms with van der Waals surface area (Å²) in [4.78, 5) is 31.8. The Bertz CT molecular complexity index is 1040. The lowest BCUT2D eigenvalue weighted by Crippen LogP contribution is -2.14. The van der Waals surface area contributed by atoms with Gasteiger partial charge in [0.2, 0.25) is 5.91 Å². The molecule has 0 spiro atoms. The number of hydrogen-bond donors (Lipinski definition) is 2. The first kappa shape index (κ1) is 19.6. The molecule has 8 nitrogen and oxygen atoms in total. The van der Waals surface area contributed by atoms with E-state index in [0.717, 1.165) is 23.3 Å². The van der Waals surface area contributed by atoms with Crippen molar-refractivity contribution in [2.24, 2.45) is 0 Å². The maximum Gasteiger partial charge on any atom is 0.274 e. The van der Waals surface area contributed by atoms with Gasteiger partial charge in [0.05, 0.1) is 16.2 Å². The second kappa shape index (κ2) is 8.66. The summed E-state index contributed by atoms with van der Waals surface area (Å²) in [5.74, 6) is 0.529. The van der Waals surface area contributed by atoms with Gasteiger partial charge in [0.25, 0.3) is 5.69 Å². The van der Waals surface area contributed by atoms with E-state index < -0.39 is 4.92 Å². The molecule has 0 unspecified atom stereocenters. The van der Waals surface area contributed by atoms with Crippen molar-refractivity contribution in [2.75, 3.05) is 22.9 Å². The van der Waals surface area contributed by atoms with Gasteiger partial charge in [-0.05, 0) is 32.0 Å². The van der Waals surface area contributed by atoms with Gasteiger partial charge in [0, 0.05) is 29.2 Å². The van der Waals surface area contributed by atoms with Crippen LogP contribution in [-0.4, -0.2) is 33.1 Å². The Morgan fingerprint density at radius 3 is 2.75 bits per heavy atom. The van der Waals surface area contributed by atoms with Crippen LogP contribution in [0.1, 0.15) is 12.5 Å². The lowest BCUT2D eigenvalue weighted by Gasteiger charge is -2.09. The van der Waals surface area contributed by atoms with Crippen molar-refractivity contribution in [3.05, 3.63) is 58.1 Å². The molecular weight excluding hydrogens is 378 g/mol. The molecule has 0 atom stereocenters. The van der Waals surface area contributed by atoms with Crippen molar-refractivity contribution in [1.82, 2.24) is 9.97 Å². The van der Waals surface area contributed by atoms with Crippen LogP contribution >= 0.6 is 11.8 Å². The second-order valence-electron chi connectivity index (χ2n) is 6.00. The molecule has 28 heavy (non-hydrogen) atoms. The predicted molar refractivity (Wildman–Crippen MR) is 111 cm³/mol. The van der Waals surface area contributed by atoms with Gasteiger partial charge in [-0.15, -0.1) is 0 Å². The largest absolute Gasteiger partial charge is 0.370 e. The molecule has 1 heterocycles. The first-order valence-electron chi connectivity index (χ1n) is 8.66. The summed E-state index contributed by atoms with van der Waals surface area (Å²) in [5, 5.41) is 18.3. The topological polar surface area (TPSA) is 110 Å². The van der Waals surface area contributed by atoms with Crippen LogP contribution < -0.4 is 10.6 Å². The van der Waals surface area contributed by atoms with E-state index in [2.05, 4.69) is 20.6 Å². The maximum atomic E-state index is 12.3. The van der Waals surface area contributed by atoms with Crippen molar-refractivity contribution in [1.29, 1.82) is 0 Å². The number of carbonyl (C=O) groups is 1. The molecule has 0 saturated carbocycles. The van der Waals surface area contributed by atoms with Gasteiger partial charge in [0.1, 0.15) is 5.82 Å². The number of aromatic nitrogens is 2. The zero-order valence-electron chi connectivity index (χ0n) is 15.4. The standard InChI is InChI=1S/C19H19N5O3S/c1-3-20-18-14-6-4-5-7-15(14)22-19(23-18)28-11-17(25)21-13-9-8-12(2)16(10-13)24(26)27/h4-10H,3,11H2,1-2H3,(H,21,25)(H,20,22,23). The highest BCUT2D eigenvalue weighted by Gasteiger charge is 2.13. The average Bonchev–Trinajstić information content (AvgIpc) is 2.68. The average molecular weight is 397 g/mol. The third kappa shape index (κ3) is 4.55. The van der Waals surface area contributed by atoms with Gasteiger partial charge < -0.3 is 10.6 Å². The smallest absolute Gasteiger partial charge is 0.274 e. The third-order valence-corrected chi connectivity index (χ3v) is 4.80. The highest BCUT2D eigenvalue weighted by Crippen LogP contribution is 2.25. The fourth-order valence-electron chi connectivity index (χ4n) is 2.63. The SMILES string of the molecule is CCNc1nc(SCC(=O)Nc2ccc(C)c([N+](=O)[O-])c2)nc2ccccc12. The Hall–Kier alpha value is -3.20. The molecule has 0 aliphatic carbocycles. The number of anilines is 2. The molecule has 1 aromatic heterocycles. The van der Waals surface area contributed by atoms with Crippen molar-refractivity contribution in [3.63, 3.8) is 0 Å². The molecule has 0 saturated heterocycles. The molecule has 0 radical (unpaired) electrons. The summed E-state index contributed by atoms with van der Waals surface area (Å²) in [6, 6.07) is 12.3. The predicted octanol–water partition coefficient (Wildman–Crippen LogP) is 4.01. The molecule has 0 aliphatic heterocycles. The Morgan fingerprint density at radius 1 is 1.21 bits per heavy atom. The fraction of sp³-hybridized carbons (Fsp3) is 0.211. The molecule has 2 aromatic carbocycles. The number of nitrogens with one attached hydrogen (secondary N) is 2. The minimum absolute atomic E-state index is 0.0291. The number of thioether (sulfide) groups is 1. The molecule has 144 valence electrons. The Morgan fingerprint density at radius 2 is 2.00 bits per heavy atom. The molecule has 9 heteroatoms. The summed E-state index contributed by atoms with van der Waals surface area (Å²) in [6.45, 7) is 4.36. The summed E-state index contributed by atoms with van der Waals surface area (Å²) in [7, 11) is 0. The van der Waals surface area contributed by atoms with E-state index in [9.17, 15) is 14.9 Å². The second-order valence-corrected chi connectivity index (χ2v) is 6.94. The van der Waals surface area contributed by atoms with Gasteiger partial charge in [0.15, 0.2) is 5.16 Å². The summed E-state index contributed by atoms with van der Waals surface area (Å²) < 4.78 is 0. The zero-order chi connectivity index (χ0) is 20.1. The first-order chi connectivity index (χ1) is 13.5. The maximum absolute atomic E-state index is 12.3. The number of fused-ring (bicyclic) bond motifs is 1. The Kier molecular flexibility index (Phi) is 6.05. The van der Waals surface area contributed by atoms with Crippen LogP contribution in [0.5, 0.6) is 0 Å². The van der Waals surface area contributed by atoms with Gasteiger partial charge in [-0.3, -0.25) is 14.9 Å². The van der Waals surface area contributed by atoms with Crippen LogP contribution in [0.3, 0.4) is 0 Å². The van der Waals surface area contributed by atoms with Crippen LogP contribution in [0, 0.1) is 17.0 Å². The summed E-state index contributed by atoms with van der Waals surface area (Å²) in [6.07, 6.45) is 0. The lowest BCUT2D eigenvalue weighted by atomic mass is 10.2. The van der Waals surface area contributed by atoms with Crippen molar-refractivity contribution in [2.45, 2.75) is 19.0 Å². The van der Waals surface area contributed by atoms with Gasteiger partial charge in [-0.1, -0.05) is 30.0 Å². The highest BCUT2D eigenvalue weighted by molar-refractivity contribution is 7.99. The third-order valence-electron chi connectivity index (χ3n) is 3.95.